The van der Waals surface area contributed by atoms with Gasteiger partial charge >= 0.3 is 0 Å². The minimum Gasteiger partial charge on any atom is -0.357 e. The van der Waals surface area contributed by atoms with Gasteiger partial charge in [-0.15, -0.1) is 0 Å². The van der Waals surface area contributed by atoms with Crippen molar-refractivity contribution >= 4 is 39.1 Å². The van der Waals surface area contributed by atoms with Crippen molar-refractivity contribution in [3.63, 3.8) is 0 Å². The highest BCUT2D eigenvalue weighted by Gasteiger charge is 2.43. The number of imidazole rings is 2. The summed E-state index contributed by atoms with van der Waals surface area (Å²) in [5, 5.41) is 4.09. The first-order valence-electron chi connectivity index (χ1n) is 23.8. The normalized spacial score (nSPS) is 14.2. The van der Waals surface area contributed by atoms with E-state index in [2.05, 4.69) is 281 Å². The van der Waals surface area contributed by atoms with Gasteiger partial charge in [0, 0.05) is 27.8 Å². The smallest absolute Gasteiger partial charge is 0.145 e. The lowest BCUT2D eigenvalue weighted by molar-refractivity contribution is 0.578. The van der Waals surface area contributed by atoms with Gasteiger partial charge in [-0.3, -0.25) is 9.13 Å². The molecule has 2 aromatic heterocycles. The molecule has 0 saturated heterocycles. The Morgan fingerprint density at radius 2 is 0.714 bits per heavy atom. The van der Waals surface area contributed by atoms with Gasteiger partial charge in [-0.1, -0.05) is 182 Å². The van der Waals surface area contributed by atoms with Gasteiger partial charge in [0.15, 0.2) is 0 Å². The Morgan fingerprint density at radius 3 is 1.20 bits per heavy atom. The molecule has 0 radical (unpaired) electrons. The second-order valence-electron chi connectivity index (χ2n) is 18.0. The van der Waals surface area contributed by atoms with Gasteiger partial charge in [-0.05, 0) is 102 Å². The molecule has 1 aliphatic heterocycles. The van der Waals surface area contributed by atoms with E-state index in [-0.39, 0.29) is 0 Å². The summed E-state index contributed by atoms with van der Waals surface area (Å²) in [6.07, 6.45) is 0. The summed E-state index contributed by atoms with van der Waals surface area (Å²) in [6, 6.07) is 90.6. The Bertz CT molecular complexity index is 3710. The maximum Gasteiger partial charge on any atom is 0.145 e. The van der Waals surface area contributed by atoms with E-state index in [9.17, 15) is 0 Å². The Balaban J connectivity index is 1.12. The summed E-state index contributed by atoms with van der Waals surface area (Å²) in [4.78, 5) is 13.6. The van der Waals surface area contributed by atoms with E-state index in [4.69, 9.17) is 9.97 Å². The molecule has 0 aliphatic carbocycles. The van der Waals surface area contributed by atoms with E-state index in [0.717, 1.165) is 112 Å². The van der Waals surface area contributed by atoms with Crippen molar-refractivity contribution < 1.29 is 0 Å². The number of fused-ring (bicyclic) bond motifs is 3. The van der Waals surface area contributed by atoms with Crippen molar-refractivity contribution in [2.45, 2.75) is 12.6 Å². The quantitative estimate of drug-likeness (QED) is 0.157. The van der Waals surface area contributed by atoms with Crippen LogP contribution in [0.15, 0.2) is 255 Å². The second-order valence-corrected chi connectivity index (χ2v) is 18.0. The molecule has 1 aliphatic rings. The lowest BCUT2D eigenvalue weighted by Gasteiger charge is -2.39. The van der Waals surface area contributed by atoms with Crippen LogP contribution in [0.5, 0.6) is 0 Å². The Hall–Kier alpha value is -9.26. The highest BCUT2D eigenvalue weighted by atomic mass is 15.4. The van der Waals surface area contributed by atoms with Gasteiger partial charge in [0.2, 0.25) is 0 Å². The predicted octanol–water partition coefficient (Wildman–Crippen LogP) is 16.1. The van der Waals surface area contributed by atoms with Gasteiger partial charge < -0.3 is 10.2 Å². The molecule has 6 heteroatoms. The van der Waals surface area contributed by atoms with Crippen molar-refractivity contribution in [1.29, 1.82) is 0 Å². The number of rotatable bonds is 9. The van der Waals surface area contributed by atoms with Crippen molar-refractivity contribution in [2.24, 2.45) is 0 Å². The van der Waals surface area contributed by atoms with Gasteiger partial charge in [0.1, 0.15) is 17.3 Å². The fraction of sp³-hybridized carbons (Fsp3) is 0.0312. The molecule has 10 aromatic carbocycles. The van der Waals surface area contributed by atoms with E-state index in [0.29, 0.717) is 0 Å². The van der Waals surface area contributed by atoms with Crippen LogP contribution < -0.4 is 10.2 Å². The number of hydrogen-bond donors (Lipinski definition) is 1. The Morgan fingerprint density at radius 1 is 0.343 bits per heavy atom. The Kier molecular flexibility index (Phi) is 9.84. The average molecular weight is 899 g/mol. The number of nitrogens with zero attached hydrogens (tertiary/aromatic N) is 5. The topological polar surface area (TPSA) is 50.9 Å². The molecule has 0 spiro atoms. The largest absolute Gasteiger partial charge is 0.357 e. The summed E-state index contributed by atoms with van der Waals surface area (Å²) in [5.74, 6) is 1.66. The first kappa shape index (κ1) is 41.0. The predicted molar refractivity (Wildman–Crippen MR) is 289 cm³/mol. The minimum atomic E-state index is -0.809. The van der Waals surface area contributed by atoms with Crippen molar-refractivity contribution in [3.8, 4) is 67.5 Å². The zero-order valence-corrected chi connectivity index (χ0v) is 38.5. The highest BCUT2D eigenvalue weighted by Crippen LogP contribution is 2.53. The van der Waals surface area contributed by atoms with Crippen LogP contribution >= 0.6 is 0 Å². The molecule has 1 unspecified atom stereocenters. The molecule has 12 aromatic rings. The molecule has 6 nitrogen and oxygen atoms in total. The number of hydrogen-bond acceptors (Lipinski definition) is 4. The molecule has 0 fully saturated rings. The van der Waals surface area contributed by atoms with Crippen molar-refractivity contribution in [2.75, 3.05) is 10.2 Å². The highest BCUT2D eigenvalue weighted by molar-refractivity contribution is 5.94. The molecule has 0 saturated carbocycles. The molecule has 1 atom stereocenters. The van der Waals surface area contributed by atoms with Crippen molar-refractivity contribution in [1.82, 2.24) is 19.1 Å². The molecular formula is C64H46N6. The summed E-state index contributed by atoms with van der Waals surface area (Å²) >= 11 is 0. The van der Waals surface area contributed by atoms with Gasteiger partial charge in [0.25, 0.3) is 0 Å². The maximum absolute atomic E-state index is 5.57. The van der Waals surface area contributed by atoms with Crippen LogP contribution in [0.4, 0.5) is 17.1 Å². The standard InChI is InChI=1S/C64H46N6/c1-64(67-55-34-16-22-40-61(55)70(64)58-37-19-13-31-52(58)46-27-9-4-10-28-46)49-42-47(62-65-53-32-14-20-38-59(53)68(62)56-35-17-11-29-50(56)44-23-5-2-6-24-44)41-48(43-49)63-66-54-33-15-21-39-60(54)69(63)57-36-18-12-30-51(57)45-25-7-3-8-26-45/h2-43,67H,1H3. The number of para-hydroxylation sites is 9. The maximum atomic E-state index is 5.57. The zero-order valence-electron chi connectivity index (χ0n) is 38.5. The molecule has 0 bridgehead atoms. The minimum absolute atomic E-state index is 0.809. The molecule has 332 valence electrons. The van der Waals surface area contributed by atoms with Gasteiger partial charge in [-0.2, -0.15) is 0 Å². The van der Waals surface area contributed by atoms with Crippen LogP contribution in [0.3, 0.4) is 0 Å². The fourth-order valence-corrected chi connectivity index (χ4v) is 10.6. The molecule has 3 heterocycles. The lowest BCUT2D eigenvalue weighted by Crippen LogP contribution is -2.43. The van der Waals surface area contributed by atoms with Crippen LogP contribution in [0.1, 0.15) is 12.5 Å². The third-order valence-corrected chi connectivity index (χ3v) is 13.8. The van der Waals surface area contributed by atoms with Crippen LogP contribution in [0, 0.1) is 0 Å². The van der Waals surface area contributed by atoms with E-state index in [1.165, 1.54) is 0 Å². The van der Waals surface area contributed by atoms with Crippen molar-refractivity contribution in [3.05, 3.63) is 260 Å². The van der Waals surface area contributed by atoms with Crippen LogP contribution in [0.2, 0.25) is 0 Å². The number of anilines is 3. The zero-order chi connectivity index (χ0) is 46.6. The monoisotopic (exact) mass is 898 g/mol. The summed E-state index contributed by atoms with van der Waals surface area (Å²) < 4.78 is 4.69. The van der Waals surface area contributed by atoms with Gasteiger partial charge in [0.05, 0.1) is 50.5 Å². The second kappa shape index (κ2) is 16.8. The van der Waals surface area contributed by atoms with Gasteiger partial charge in [-0.25, -0.2) is 9.97 Å². The van der Waals surface area contributed by atoms with E-state index in [1.54, 1.807) is 0 Å². The Labute approximate surface area is 407 Å². The number of nitrogens with one attached hydrogen (secondary N) is 1. The summed E-state index contributed by atoms with van der Waals surface area (Å²) in [5.41, 5.74) is 18.1. The number of aromatic nitrogens is 4. The first-order valence-corrected chi connectivity index (χ1v) is 23.8. The molecule has 13 rings (SSSR count). The first-order chi connectivity index (χ1) is 34.6. The van der Waals surface area contributed by atoms with Crippen LogP contribution in [0.25, 0.3) is 89.6 Å². The lowest BCUT2D eigenvalue weighted by atomic mass is 9.93. The SMILES string of the molecule is CC1(c2cc(-c3nc4ccccc4n3-c3ccccc3-c3ccccc3)cc(-c3nc4ccccc4n3-c3ccccc3-c3ccccc3)c2)Nc2ccccc2N1c1ccccc1-c1ccccc1. The third-order valence-electron chi connectivity index (χ3n) is 13.8. The fourth-order valence-electron chi connectivity index (χ4n) is 10.6. The van der Waals surface area contributed by atoms with E-state index < -0.39 is 5.66 Å². The molecule has 70 heavy (non-hydrogen) atoms. The van der Waals surface area contributed by atoms with E-state index in [1.807, 2.05) is 0 Å². The third kappa shape index (κ3) is 6.80. The number of benzene rings is 10. The summed E-state index contributed by atoms with van der Waals surface area (Å²) in [6.45, 7) is 2.30. The summed E-state index contributed by atoms with van der Waals surface area (Å²) in [7, 11) is 0. The molecule has 1 N–H and O–H groups in total. The van der Waals surface area contributed by atoms with Crippen LogP contribution in [-0.2, 0) is 5.66 Å². The average Bonchev–Trinajstić information content (AvgIpc) is 4.11. The van der Waals surface area contributed by atoms with E-state index >= 15 is 0 Å². The molecule has 0 amide bonds. The van der Waals surface area contributed by atoms with Crippen LogP contribution in [-0.4, -0.2) is 19.1 Å². The molecular weight excluding hydrogens is 853 g/mol.